The van der Waals surface area contributed by atoms with Crippen molar-refractivity contribution in [3.8, 4) is 0 Å². The number of rotatable bonds is 4. The van der Waals surface area contributed by atoms with Gasteiger partial charge in [-0.3, -0.25) is 4.18 Å². The summed E-state index contributed by atoms with van der Waals surface area (Å²) < 4.78 is 32.8. The van der Waals surface area contributed by atoms with Crippen molar-refractivity contribution < 1.29 is 22.1 Å². The second-order valence-electron chi connectivity index (χ2n) is 7.00. The highest BCUT2D eigenvalue weighted by Crippen LogP contribution is 2.47. The largest absolute Gasteiger partial charge is 0.443 e. The summed E-state index contributed by atoms with van der Waals surface area (Å²) in [5.74, 6) is 0. The van der Waals surface area contributed by atoms with E-state index in [0.717, 1.165) is 25.5 Å². The molecule has 2 fully saturated rings. The third-order valence-corrected chi connectivity index (χ3v) is 5.12. The maximum Gasteiger partial charge on any atom is 0.410 e. The van der Waals surface area contributed by atoms with Crippen molar-refractivity contribution >= 4 is 16.2 Å². The van der Waals surface area contributed by atoms with E-state index >= 15 is 0 Å². The van der Waals surface area contributed by atoms with E-state index in [1.54, 1.807) is 4.90 Å². The number of ether oxygens (including phenoxy) is 1. The van der Waals surface area contributed by atoms with E-state index < -0.39 is 15.7 Å². The fraction of sp³-hybridized carbons (Fsp3) is 0.929. The average molecular weight is 319 g/mol. The molecule has 1 saturated heterocycles. The molecule has 6 nitrogen and oxygen atoms in total. The Bertz CT molecular complexity index is 507. The van der Waals surface area contributed by atoms with Gasteiger partial charge in [0, 0.05) is 18.5 Å². The lowest BCUT2D eigenvalue weighted by molar-refractivity contribution is -0.0412. The lowest BCUT2D eigenvalue weighted by Crippen LogP contribution is -2.58. The van der Waals surface area contributed by atoms with E-state index in [9.17, 15) is 13.2 Å². The predicted molar refractivity (Wildman–Crippen MR) is 78.4 cm³/mol. The van der Waals surface area contributed by atoms with Gasteiger partial charge in [-0.15, -0.1) is 0 Å². The lowest BCUT2D eigenvalue weighted by atomic mass is 9.78. The van der Waals surface area contributed by atoms with Gasteiger partial charge in [-0.05, 0) is 39.5 Å². The van der Waals surface area contributed by atoms with Gasteiger partial charge < -0.3 is 9.64 Å². The quantitative estimate of drug-likeness (QED) is 0.742. The van der Waals surface area contributed by atoms with Crippen molar-refractivity contribution in [3.05, 3.63) is 0 Å². The number of nitrogens with zero attached hydrogens (tertiary/aromatic N) is 1. The van der Waals surface area contributed by atoms with Gasteiger partial charge in [0.25, 0.3) is 10.1 Å². The molecule has 1 atom stereocenters. The van der Waals surface area contributed by atoms with Crippen molar-refractivity contribution in [2.45, 2.75) is 58.2 Å². The molecule has 1 aliphatic heterocycles. The standard InChI is InChI=1S/C14H25NO5S/c1-5-13(2,3)19-12(16)15-9-14(10-15)7-6-11(8-14)20-21(4,17)18/h11H,5-10H2,1-4H3/t11-/m0/s1. The molecule has 0 aromatic carbocycles. The van der Waals surface area contributed by atoms with Crippen molar-refractivity contribution in [1.29, 1.82) is 0 Å². The Morgan fingerprint density at radius 1 is 1.38 bits per heavy atom. The number of likely N-dealkylation sites (tertiary alicyclic amines) is 1. The molecule has 0 bridgehead atoms. The molecular weight excluding hydrogens is 294 g/mol. The highest BCUT2D eigenvalue weighted by molar-refractivity contribution is 7.86. The lowest BCUT2D eigenvalue weighted by Gasteiger charge is -2.48. The van der Waals surface area contributed by atoms with E-state index in [0.29, 0.717) is 19.5 Å². The minimum atomic E-state index is -3.40. The second-order valence-corrected chi connectivity index (χ2v) is 8.60. The maximum atomic E-state index is 12.0. The van der Waals surface area contributed by atoms with Gasteiger partial charge >= 0.3 is 6.09 Å². The number of carbonyl (C=O) groups excluding carboxylic acids is 1. The minimum absolute atomic E-state index is 0.0186. The smallest absolute Gasteiger partial charge is 0.410 e. The summed E-state index contributed by atoms with van der Waals surface area (Å²) in [7, 11) is -3.40. The van der Waals surface area contributed by atoms with Gasteiger partial charge in [0.15, 0.2) is 0 Å². The van der Waals surface area contributed by atoms with E-state index in [1.807, 2.05) is 20.8 Å². The highest BCUT2D eigenvalue weighted by Gasteiger charge is 2.51. The molecule has 0 radical (unpaired) electrons. The monoisotopic (exact) mass is 319 g/mol. The van der Waals surface area contributed by atoms with Gasteiger partial charge in [-0.25, -0.2) is 4.79 Å². The molecule has 2 rings (SSSR count). The van der Waals surface area contributed by atoms with Crippen LogP contribution in [0.3, 0.4) is 0 Å². The van der Waals surface area contributed by atoms with Crippen molar-refractivity contribution in [2.75, 3.05) is 19.3 Å². The van der Waals surface area contributed by atoms with Crippen LogP contribution in [0, 0.1) is 5.41 Å². The van der Waals surface area contributed by atoms with Crippen LogP contribution >= 0.6 is 0 Å². The van der Waals surface area contributed by atoms with Crippen LogP contribution in [-0.2, 0) is 19.0 Å². The van der Waals surface area contributed by atoms with Crippen molar-refractivity contribution in [3.63, 3.8) is 0 Å². The summed E-state index contributed by atoms with van der Waals surface area (Å²) in [6, 6.07) is 0. The van der Waals surface area contributed by atoms with Crippen molar-refractivity contribution in [1.82, 2.24) is 4.90 Å². The molecule has 1 saturated carbocycles. The molecule has 0 aromatic rings. The van der Waals surface area contributed by atoms with Crippen molar-refractivity contribution in [2.24, 2.45) is 5.41 Å². The summed E-state index contributed by atoms with van der Waals surface area (Å²) in [6.45, 7) is 7.04. The van der Waals surface area contributed by atoms with Crippen LogP contribution in [-0.4, -0.2) is 50.5 Å². The molecular formula is C14H25NO5S. The molecule has 1 aliphatic carbocycles. The molecule has 1 spiro atoms. The van der Waals surface area contributed by atoms with E-state index in [2.05, 4.69) is 0 Å². The molecule has 2 aliphatic rings. The van der Waals surface area contributed by atoms with Crippen LogP contribution in [0.25, 0.3) is 0 Å². The number of hydrogen-bond donors (Lipinski definition) is 0. The first-order valence-electron chi connectivity index (χ1n) is 7.40. The van der Waals surface area contributed by atoms with Gasteiger partial charge in [0.1, 0.15) is 5.60 Å². The highest BCUT2D eigenvalue weighted by atomic mass is 32.2. The Labute approximate surface area is 126 Å². The first kappa shape index (κ1) is 16.5. The molecule has 1 amide bonds. The summed E-state index contributed by atoms with van der Waals surface area (Å²) in [4.78, 5) is 13.7. The van der Waals surface area contributed by atoms with Gasteiger partial charge in [-0.2, -0.15) is 8.42 Å². The Hall–Kier alpha value is -0.820. The number of carbonyl (C=O) groups is 1. The molecule has 0 N–H and O–H groups in total. The third-order valence-electron chi connectivity index (χ3n) is 4.49. The summed E-state index contributed by atoms with van der Waals surface area (Å²) >= 11 is 0. The fourth-order valence-corrected chi connectivity index (χ4v) is 3.70. The minimum Gasteiger partial charge on any atom is -0.443 e. The third kappa shape index (κ3) is 4.10. The first-order chi connectivity index (χ1) is 9.54. The first-order valence-corrected chi connectivity index (χ1v) is 9.22. The summed E-state index contributed by atoms with van der Waals surface area (Å²) in [5.41, 5.74) is -0.428. The Morgan fingerprint density at radius 3 is 2.52 bits per heavy atom. The van der Waals surface area contributed by atoms with Crippen LogP contribution in [0.4, 0.5) is 4.79 Å². The zero-order chi connectivity index (χ0) is 15.9. The van der Waals surface area contributed by atoms with Crippen LogP contribution in [0.5, 0.6) is 0 Å². The summed E-state index contributed by atoms with van der Waals surface area (Å²) in [6.07, 6.45) is 3.65. The van der Waals surface area contributed by atoms with Crippen LogP contribution in [0.15, 0.2) is 0 Å². The van der Waals surface area contributed by atoms with E-state index in [-0.39, 0.29) is 17.6 Å². The molecule has 0 aromatic heterocycles. The average Bonchev–Trinajstić information content (AvgIpc) is 2.68. The number of amides is 1. The van der Waals surface area contributed by atoms with Gasteiger partial charge in [0.2, 0.25) is 0 Å². The topological polar surface area (TPSA) is 72.9 Å². The molecule has 122 valence electrons. The SMILES string of the molecule is CCC(C)(C)OC(=O)N1CC2(CC[C@H](OS(C)(=O)=O)C2)C1. The van der Waals surface area contributed by atoms with E-state index in [4.69, 9.17) is 8.92 Å². The number of hydrogen-bond acceptors (Lipinski definition) is 5. The maximum absolute atomic E-state index is 12.0. The zero-order valence-corrected chi connectivity index (χ0v) is 14.0. The predicted octanol–water partition coefficient (Wildman–Crippen LogP) is 2.14. The molecule has 21 heavy (non-hydrogen) atoms. The molecule has 1 heterocycles. The van der Waals surface area contributed by atoms with Crippen LogP contribution in [0.1, 0.15) is 46.5 Å². The van der Waals surface area contributed by atoms with Crippen LogP contribution < -0.4 is 0 Å². The zero-order valence-electron chi connectivity index (χ0n) is 13.2. The molecule has 0 unspecified atom stereocenters. The normalized spacial score (nSPS) is 25.0. The van der Waals surface area contributed by atoms with E-state index in [1.165, 1.54) is 0 Å². The Balaban J connectivity index is 1.83. The Morgan fingerprint density at radius 2 is 2.00 bits per heavy atom. The van der Waals surface area contributed by atoms with Crippen LogP contribution in [0.2, 0.25) is 0 Å². The van der Waals surface area contributed by atoms with Gasteiger partial charge in [-0.1, -0.05) is 6.92 Å². The molecule has 7 heteroatoms. The van der Waals surface area contributed by atoms with Gasteiger partial charge in [0.05, 0.1) is 12.4 Å². The Kier molecular flexibility index (Phi) is 4.28. The fourth-order valence-electron chi connectivity index (χ4n) is 3.04. The summed E-state index contributed by atoms with van der Waals surface area (Å²) in [5, 5.41) is 0. The second kappa shape index (κ2) is 5.43.